The molecule has 0 bridgehead atoms. The van der Waals surface area contributed by atoms with Crippen molar-refractivity contribution in [3.05, 3.63) is 29.8 Å². The monoisotopic (exact) mass is 274 g/mol. The molecule has 0 aliphatic rings. The molecule has 6 heteroatoms. The first kappa shape index (κ1) is 15.5. The lowest BCUT2D eigenvalue weighted by Crippen LogP contribution is -2.28. The second-order valence-electron chi connectivity index (χ2n) is 4.21. The average molecular weight is 274 g/mol. The molecule has 0 radical (unpaired) electrons. The molecule has 0 spiro atoms. The quantitative estimate of drug-likeness (QED) is 0.839. The van der Waals surface area contributed by atoms with Crippen molar-refractivity contribution in [3.63, 3.8) is 0 Å². The Labute approximate surface area is 110 Å². The minimum absolute atomic E-state index is 0.118. The summed E-state index contributed by atoms with van der Waals surface area (Å²) in [6.07, 6.45) is -3.02. The Morgan fingerprint density at radius 3 is 2.47 bits per heavy atom. The number of anilines is 1. The van der Waals surface area contributed by atoms with Crippen LogP contribution in [0.15, 0.2) is 24.3 Å². The summed E-state index contributed by atoms with van der Waals surface area (Å²) in [5.41, 5.74) is 4.39. The minimum atomic E-state index is -4.47. The van der Waals surface area contributed by atoms with Gasteiger partial charge in [-0.15, -0.1) is 0 Å². The van der Waals surface area contributed by atoms with Gasteiger partial charge in [-0.1, -0.05) is 12.1 Å². The molecule has 0 atom stereocenters. The third kappa shape index (κ3) is 4.24. The highest BCUT2D eigenvalue weighted by Crippen LogP contribution is 2.36. The maximum atomic E-state index is 12.8. The first-order chi connectivity index (χ1) is 8.88. The largest absolute Gasteiger partial charge is 0.418 e. The van der Waals surface area contributed by atoms with Crippen molar-refractivity contribution in [2.24, 2.45) is 5.73 Å². The van der Waals surface area contributed by atoms with E-state index in [-0.39, 0.29) is 18.0 Å². The minimum Gasteiger partial charge on any atom is -0.330 e. The predicted molar refractivity (Wildman–Crippen MR) is 67.8 cm³/mol. The Morgan fingerprint density at radius 1 is 1.26 bits per heavy atom. The molecule has 0 unspecified atom stereocenters. The molecule has 106 valence electrons. The first-order valence-corrected chi connectivity index (χ1v) is 6.00. The van der Waals surface area contributed by atoms with E-state index in [1.807, 2.05) is 0 Å². The van der Waals surface area contributed by atoms with Crippen LogP contribution in [-0.2, 0) is 11.0 Å². The Morgan fingerprint density at radius 2 is 1.89 bits per heavy atom. The van der Waals surface area contributed by atoms with E-state index in [2.05, 4.69) is 0 Å². The van der Waals surface area contributed by atoms with Gasteiger partial charge in [0, 0.05) is 13.5 Å². The molecule has 0 fully saturated rings. The number of para-hydroxylation sites is 1. The van der Waals surface area contributed by atoms with Gasteiger partial charge in [0.1, 0.15) is 0 Å². The van der Waals surface area contributed by atoms with Crippen molar-refractivity contribution in [2.45, 2.75) is 25.4 Å². The molecule has 2 N–H and O–H groups in total. The van der Waals surface area contributed by atoms with E-state index >= 15 is 0 Å². The molecule has 0 saturated carbocycles. The number of unbranched alkanes of at least 4 members (excludes halogenated alkanes) is 1. The predicted octanol–water partition coefficient (Wildman–Crippen LogP) is 2.80. The summed E-state index contributed by atoms with van der Waals surface area (Å²) in [6.45, 7) is 0.468. The summed E-state index contributed by atoms with van der Waals surface area (Å²) in [5, 5.41) is 0. The second kappa shape index (κ2) is 6.56. The molecular weight excluding hydrogens is 257 g/mol. The molecule has 19 heavy (non-hydrogen) atoms. The molecule has 1 aromatic carbocycles. The van der Waals surface area contributed by atoms with Gasteiger partial charge in [-0.05, 0) is 31.5 Å². The van der Waals surface area contributed by atoms with E-state index < -0.39 is 11.7 Å². The van der Waals surface area contributed by atoms with Gasteiger partial charge in [-0.25, -0.2) is 0 Å². The number of nitrogens with two attached hydrogens (primary N) is 1. The number of halogens is 3. The normalized spacial score (nSPS) is 11.4. The summed E-state index contributed by atoms with van der Waals surface area (Å²) in [6, 6.07) is 5.05. The SMILES string of the molecule is CN(C(=O)CCCCN)c1ccccc1C(F)(F)F. The van der Waals surface area contributed by atoms with E-state index in [0.29, 0.717) is 19.4 Å². The van der Waals surface area contributed by atoms with Crippen LogP contribution in [0.25, 0.3) is 0 Å². The maximum Gasteiger partial charge on any atom is 0.418 e. The highest BCUT2D eigenvalue weighted by atomic mass is 19.4. The fourth-order valence-corrected chi connectivity index (χ4v) is 1.73. The van der Waals surface area contributed by atoms with Crippen molar-refractivity contribution in [1.82, 2.24) is 0 Å². The van der Waals surface area contributed by atoms with Crippen molar-refractivity contribution in [2.75, 3.05) is 18.5 Å². The lowest BCUT2D eigenvalue weighted by Gasteiger charge is -2.21. The fraction of sp³-hybridized carbons (Fsp3) is 0.462. The topological polar surface area (TPSA) is 46.3 Å². The summed E-state index contributed by atoms with van der Waals surface area (Å²) in [7, 11) is 1.36. The number of benzene rings is 1. The van der Waals surface area contributed by atoms with Crippen LogP contribution in [0.4, 0.5) is 18.9 Å². The van der Waals surface area contributed by atoms with Crippen molar-refractivity contribution < 1.29 is 18.0 Å². The molecule has 3 nitrogen and oxygen atoms in total. The van der Waals surface area contributed by atoms with Crippen LogP contribution in [0.5, 0.6) is 0 Å². The number of hydrogen-bond donors (Lipinski definition) is 1. The number of hydrogen-bond acceptors (Lipinski definition) is 2. The van der Waals surface area contributed by atoms with Crippen LogP contribution in [0.1, 0.15) is 24.8 Å². The zero-order chi connectivity index (χ0) is 14.5. The third-order valence-corrected chi connectivity index (χ3v) is 2.79. The summed E-state index contributed by atoms with van der Waals surface area (Å²) in [5.74, 6) is -0.342. The average Bonchev–Trinajstić information content (AvgIpc) is 2.37. The number of amides is 1. The molecule has 0 aliphatic carbocycles. The Balaban J connectivity index is 2.87. The standard InChI is InChI=1S/C13H17F3N2O/c1-18(12(19)8-4-5-9-17)11-7-3-2-6-10(11)13(14,15)16/h2-3,6-7H,4-5,8-9,17H2,1H3. The summed E-state index contributed by atoms with van der Waals surface area (Å²) in [4.78, 5) is 12.9. The van der Waals surface area contributed by atoms with Gasteiger partial charge in [-0.2, -0.15) is 13.2 Å². The van der Waals surface area contributed by atoms with Crippen LogP contribution in [0.3, 0.4) is 0 Å². The van der Waals surface area contributed by atoms with Gasteiger partial charge < -0.3 is 10.6 Å². The lowest BCUT2D eigenvalue weighted by atomic mass is 10.1. The molecule has 0 saturated heterocycles. The van der Waals surface area contributed by atoms with E-state index in [1.165, 1.54) is 25.2 Å². The van der Waals surface area contributed by atoms with Gasteiger partial charge in [0.2, 0.25) is 5.91 Å². The smallest absolute Gasteiger partial charge is 0.330 e. The zero-order valence-corrected chi connectivity index (χ0v) is 10.7. The van der Waals surface area contributed by atoms with Gasteiger partial charge in [-0.3, -0.25) is 4.79 Å². The van der Waals surface area contributed by atoms with E-state index in [0.717, 1.165) is 11.0 Å². The van der Waals surface area contributed by atoms with Gasteiger partial charge >= 0.3 is 6.18 Å². The zero-order valence-electron chi connectivity index (χ0n) is 10.7. The first-order valence-electron chi connectivity index (χ1n) is 6.00. The molecule has 1 aromatic rings. The molecule has 0 heterocycles. The third-order valence-electron chi connectivity index (χ3n) is 2.79. The highest BCUT2D eigenvalue weighted by molar-refractivity contribution is 5.93. The number of alkyl halides is 3. The Bertz CT molecular complexity index is 432. The van der Waals surface area contributed by atoms with Crippen LogP contribution in [-0.4, -0.2) is 19.5 Å². The highest BCUT2D eigenvalue weighted by Gasteiger charge is 2.34. The summed E-state index contributed by atoms with van der Waals surface area (Å²) < 4.78 is 38.5. The number of nitrogens with zero attached hydrogens (tertiary/aromatic N) is 1. The number of carbonyl (C=O) groups is 1. The van der Waals surface area contributed by atoms with Gasteiger partial charge in [0.15, 0.2) is 0 Å². The molecule has 1 rings (SSSR count). The van der Waals surface area contributed by atoms with Gasteiger partial charge in [0.05, 0.1) is 11.3 Å². The molecule has 0 aromatic heterocycles. The van der Waals surface area contributed by atoms with Crippen LogP contribution < -0.4 is 10.6 Å². The van der Waals surface area contributed by atoms with Crippen molar-refractivity contribution in [1.29, 1.82) is 0 Å². The number of rotatable bonds is 5. The van der Waals surface area contributed by atoms with Crippen LogP contribution in [0, 0.1) is 0 Å². The lowest BCUT2D eigenvalue weighted by molar-refractivity contribution is -0.137. The summed E-state index contributed by atoms with van der Waals surface area (Å²) >= 11 is 0. The molecule has 1 amide bonds. The molecular formula is C13H17F3N2O. The van der Waals surface area contributed by atoms with Crippen molar-refractivity contribution in [3.8, 4) is 0 Å². The Hall–Kier alpha value is -1.56. The van der Waals surface area contributed by atoms with Crippen molar-refractivity contribution >= 4 is 11.6 Å². The fourth-order valence-electron chi connectivity index (χ4n) is 1.73. The van der Waals surface area contributed by atoms with Gasteiger partial charge in [0.25, 0.3) is 0 Å². The van der Waals surface area contributed by atoms with E-state index in [4.69, 9.17) is 5.73 Å². The molecule has 0 aliphatic heterocycles. The van der Waals surface area contributed by atoms with Crippen LogP contribution >= 0.6 is 0 Å². The van der Waals surface area contributed by atoms with Crippen LogP contribution in [0.2, 0.25) is 0 Å². The maximum absolute atomic E-state index is 12.8. The van der Waals surface area contributed by atoms with E-state index in [9.17, 15) is 18.0 Å². The Kier molecular flexibility index (Phi) is 5.35. The number of carbonyl (C=O) groups excluding carboxylic acids is 1. The van der Waals surface area contributed by atoms with E-state index in [1.54, 1.807) is 0 Å². The second-order valence-corrected chi connectivity index (χ2v) is 4.21.